The first kappa shape index (κ1) is 23.7. The molecule has 0 saturated carbocycles. The highest BCUT2D eigenvalue weighted by Crippen LogP contribution is 2.24. The summed E-state index contributed by atoms with van der Waals surface area (Å²) in [5.41, 5.74) is 1.94. The third-order valence-corrected chi connectivity index (χ3v) is 6.23. The number of amides is 1. The van der Waals surface area contributed by atoms with Gasteiger partial charge >= 0.3 is 0 Å². The van der Waals surface area contributed by atoms with E-state index < -0.39 is 10.8 Å². The highest BCUT2D eigenvalue weighted by atomic mass is 32.2. The van der Waals surface area contributed by atoms with Crippen LogP contribution in [0.4, 0.5) is 11.4 Å². The van der Waals surface area contributed by atoms with E-state index in [2.05, 4.69) is 10.3 Å². The van der Waals surface area contributed by atoms with Crippen LogP contribution in [0.3, 0.4) is 0 Å². The van der Waals surface area contributed by atoms with Crippen molar-refractivity contribution in [3.8, 4) is 11.8 Å². The van der Waals surface area contributed by atoms with Crippen LogP contribution in [-0.2, 0) is 11.2 Å². The fourth-order valence-corrected chi connectivity index (χ4v) is 4.29. The van der Waals surface area contributed by atoms with Gasteiger partial charge in [0.2, 0.25) is 5.91 Å². The lowest BCUT2D eigenvalue weighted by molar-refractivity contribution is -0.384. The summed E-state index contributed by atoms with van der Waals surface area (Å²) < 4.78 is 1.48. The predicted molar refractivity (Wildman–Crippen MR) is 134 cm³/mol. The van der Waals surface area contributed by atoms with Crippen molar-refractivity contribution in [2.45, 2.75) is 18.5 Å². The average molecular weight is 486 g/mol. The molecule has 4 rings (SSSR count). The Morgan fingerprint density at radius 1 is 1.17 bits per heavy atom. The molecule has 0 aliphatic carbocycles. The van der Waals surface area contributed by atoms with Crippen molar-refractivity contribution in [2.24, 2.45) is 0 Å². The van der Waals surface area contributed by atoms with Gasteiger partial charge in [-0.15, -0.1) is 0 Å². The largest absolute Gasteiger partial charge is 0.324 e. The second kappa shape index (κ2) is 10.2. The number of non-ortho nitro benzene ring substituents is 1. The molecule has 1 N–H and O–H groups in total. The van der Waals surface area contributed by atoms with E-state index in [0.29, 0.717) is 21.7 Å². The average Bonchev–Trinajstić information content (AvgIpc) is 2.88. The van der Waals surface area contributed by atoms with Crippen molar-refractivity contribution in [1.82, 2.24) is 9.55 Å². The van der Waals surface area contributed by atoms with Gasteiger partial charge in [0.1, 0.15) is 6.07 Å². The maximum atomic E-state index is 13.3. The lowest BCUT2D eigenvalue weighted by atomic mass is 10.1. The standard InChI is InChI=1S/C25H19N5O4S/c1-2-16-7-9-18(10-8-16)29-24(32)20-5-3-4-6-22(20)28-25(29)35-15-23(31)27-21-12-11-19(30(33)34)13-17(21)14-26/h3-13H,2,15H2,1H3,(H,27,31). The molecule has 0 aliphatic heterocycles. The molecule has 9 nitrogen and oxygen atoms in total. The second-order valence-electron chi connectivity index (χ2n) is 7.51. The molecule has 4 aromatic rings. The van der Waals surface area contributed by atoms with Crippen molar-refractivity contribution in [2.75, 3.05) is 11.1 Å². The van der Waals surface area contributed by atoms with Crippen LogP contribution < -0.4 is 10.9 Å². The zero-order valence-electron chi connectivity index (χ0n) is 18.6. The summed E-state index contributed by atoms with van der Waals surface area (Å²) in [6.07, 6.45) is 0.861. The number of anilines is 1. The molecule has 0 bridgehead atoms. The van der Waals surface area contributed by atoms with Crippen molar-refractivity contribution >= 4 is 39.9 Å². The van der Waals surface area contributed by atoms with Gasteiger partial charge in [-0.2, -0.15) is 5.26 Å². The van der Waals surface area contributed by atoms with Crippen molar-refractivity contribution in [3.63, 3.8) is 0 Å². The number of fused-ring (bicyclic) bond motifs is 1. The summed E-state index contributed by atoms with van der Waals surface area (Å²) >= 11 is 1.08. The number of aryl methyl sites for hydroxylation is 1. The van der Waals surface area contributed by atoms with Crippen LogP contribution in [0.1, 0.15) is 18.1 Å². The summed E-state index contributed by atoms with van der Waals surface area (Å²) in [4.78, 5) is 40.9. The first-order valence-electron chi connectivity index (χ1n) is 10.6. The van der Waals surface area contributed by atoms with E-state index in [4.69, 9.17) is 0 Å². The van der Waals surface area contributed by atoms with Crippen LogP contribution >= 0.6 is 11.8 Å². The Kier molecular flexibility index (Phi) is 6.89. The number of para-hydroxylation sites is 1. The number of carbonyl (C=O) groups is 1. The lowest BCUT2D eigenvalue weighted by Gasteiger charge is -2.14. The summed E-state index contributed by atoms with van der Waals surface area (Å²) in [7, 11) is 0. The molecule has 0 unspecified atom stereocenters. The highest BCUT2D eigenvalue weighted by Gasteiger charge is 2.17. The Balaban J connectivity index is 1.64. The molecule has 1 heterocycles. The fraction of sp³-hybridized carbons (Fsp3) is 0.120. The topological polar surface area (TPSA) is 131 Å². The van der Waals surface area contributed by atoms with E-state index in [1.54, 1.807) is 24.3 Å². The first-order valence-corrected chi connectivity index (χ1v) is 11.6. The minimum Gasteiger partial charge on any atom is -0.324 e. The molecule has 0 radical (unpaired) electrons. The number of thioether (sulfide) groups is 1. The maximum absolute atomic E-state index is 13.3. The van der Waals surface area contributed by atoms with Crippen LogP contribution in [0.5, 0.6) is 0 Å². The number of rotatable bonds is 7. The Morgan fingerprint density at radius 3 is 2.60 bits per heavy atom. The SMILES string of the molecule is CCc1ccc(-n2c(SCC(=O)Nc3ccc([N+](=O)[O-])cc3C#N)nc3ccccc3c2=O)cc1. The molecule has 35 heavy (non-hydrogen) atoms. The zero-order valence-corrected chi connectivity index (χ0v) is 19.4. The van der Waals surface area contributed by atoms with E-state index in [0.717, 1.165) is 29.8 Å². The number of nitro benzene ring substituents is 1. The van der Waals surface area contributed by atoms with Gasteiger partial charge in [0.25, 0.3) is 11.2 Å². The zero-order chi connectivity index (χ0) is 24.9. The number of hydrogen-bond donors (Lipinski definition) is 1. The minimum absolute atomic E-state index is 0.0192. The van der Waals surface area contributed by atoms with Gasteiger partial charge in [-0.1, -0.05) is 43.0 Å². The van der Waals surface area contributed by atoms with Crippen molar-refractivity contribution < 1.29 is 9.72 Å². The number of nitrogens with one attached hydrogen (secondary N) is 1. The van der Waals surface area contributed by atoms with Gasteiger partial charge in [-0.25, -0.2) is 4.98 Å². The maximum Gasteiger partial charge on any atom is 0.270 e. The summed E-state index contributed by atoms with van der Waals surface area (Å²) in [6, 6.07) is 20.1. The smallest absolute Gasteiger partial charge is 0.270 e. The Hall–Kier alpha value is -4.49. The highest BCUT2D eigenvalue weighted by molar-refractivity contribution is 7.99. The molecular formula is C25H19N5O4S. The van der Waals surface area contributed by atoms with E-state index in [9.17, 15) is 25.0 Å². The third-order valence-electron chi connectivity index (χ3n) is 5.29. The molecule has 0 spiro atoms. The predicted octanol–water partition coefficient (Wildman–Crippen LogP) is 4.46. The number of benzene rings is 3. The number of carbonyl (C=O) groups excluding carboxylic acids is 1. The van der Waals surface area contributed by atoms with E-state index in [1.807, 2.05) is 37.3 Å². The Morgan fingerprint density at radius 2 is 1.91 bits per heavy atom. The minimum atomic E-state index is -0.611. The van der Waals surface area contributed by atoms with Gasteiger partial charge in [-0.05, 0) is 42.3 Å². The number of nitrogens with zero attached hydrogens (tertiary/aromatic N) is 4. The van der Waals surface area contributed by atoms with Crippen LogP contribution in [0.2, 0.25) is 0 Å². The molecule has 0 atom stereocenters. The molecule has 10 heteroatoms. The normalized spacial score (nSPS) is 10.6. The van der Waals surface area contributed by atoms with Crippen LogP contribution in [0, 0.1) is 21.4 Å². The van der Waals surface area contributed by atoms with Gasteiger partial charge in [0, 0.05) is 12.1 Å². The molecule has 174 valence electrons. The van der Waals surface area contributed by atoms with Crippen LogP contribution in [0.15, 0.2) is 76.7 Å². The molecule has 0 fully saturated rings. The Bertz CT molecular complexity index is 1540. The molecule has 0 aliphatic rings. The second-order valence-corrected chi connectivity index (χ2v) is 8.45. The monoisotopic (exact) mass is 485 g/mol. The van der Waals surface area contributed by atoms with E-state index in [-0.39, 0.29) is 28.3 Å². The van der Waals surface area contributed by atoms with Crippen LogP contribution in [-0.4, -0.2) is 26.1 Å². The van der Waals surface area contributed by atoms with Crippen molar-refractivity contribution in [3.05, 3.63) is 98.3 Å². The Labute approximate surface area is 204 Å². The van der Waals surface area contributed by atoms with Crippen molar-refractivity contribution in [1.29, 1.82) is 5.26 Å². The van der Waals surface area contributed by atoms with E-state index >= 15 is 0 Å². The fourth-order valence-electron chi connectivity index (χ4n) is 3.48. The number of aromatic nitrogens is 2. The third kappa shape index (κ3) is 5.05. The van der Waals surface area contributed by atoms with Crippen LogP contribution in [0.25, 0.3) is 16.6 Å². The first-order chi connectivity index (χ1) is 16.9. The van der Waals surface area contributed by atoms with E-state index in [1.165, 1.54) is 16.7 Å². The quantitative estimate of drug-likeness (QED) is 0.177. The summed E-state index contributed by atoms with van der Waals surface area (Å²) in [5, 5.41) is 23.6. The lowest BCUT2D eigenvalue weighted by Crippen LogP contribution is -2.23. The molecule has 0 saturated heterocycles. The molecule has 1 amide bonds. The summed E-state index contributed by atoms with van der Waals surface area (Å²) in [6.45, 7) is 2.04. The number of nitro groups is 1. The van der Waals surface area contributed by atoms with Gasteiger partial charge < -0.3 is 5.32 Å². The number of hydrogen-bond acceptors (Lipinski definition) is 7. The number of nitriles is 1. The van der Waals surface area contributed by atoms with Gasteiger partial charge in [0.15, 0.2) is 5.16 Å². The molecular weight excluding hydrogens is 466 g/mol. The molecule has 1 aromatic heterocycles. The summed E-state index contributed by atoms with van der Waals surface area (Å²) in [5.74, 6) is -0.546. The van der Waals surface area contributed by atoms with Gasteiger partial charge in [0.05, 0.1) is 38.5 Å². The molecule has 3 aromatic carbocycles. The van der Waals surface area contributed by atoms with Gasteiger partial charge in [-0.3, -0.25) is 24.3 Å².